The smallest absolute Gasteiger partial charge is 0.390 e. The average Bonchev–Trinajstić information content (AvgIpc) is 3.73. The molecule has 15 nitrogen and oxygen atoms in total. The maximum Gasteiger partial charge on any atom is 0.472 e. The van der Waals surface area contributed by atoms with Crippen molar-refractivity contribution >= 4 is 57.7 Å². The molecule has 3 saturated heterocycles. The Bertz CT molecular complexity index is 1320. The molecule has 0 amide bonds. The van der Waals surface area contributed by atoms with Gasteiger partial charge in [0.05, 0.1) is 48.3 Å². The van der Waals surface area contributed by atoms with Gasteiger partial charge in [0, 0.05) is 43.4 Å². The molecule has 0 bridgehead atoms. The fraction of sp³-hybridized carbons (Fsp3) is 1.00. The molecule has 22 heteroatoms. The highest BCUT2D eigenvalue weighted by atomic mass is 32.5. The number of aliphatic hydroxyl groups excluding tert-OH is 1. The largest absolute Gasteiger partial charge is 0.472 e. The van der Waals surface area contributed by atoms with Gasteiger partial charge in [-0.1, -0.05) is 40.5 Å². The Labute approximate surface area is 324 Å². The maximum absolute atomic E-state index is 13.9. The van der Waals surface area contributed by atoms with Crippen LogP contribution in [0.4, 0.5) is 0 Å². The van der Waals surface area contributed by atoms with Crippen LogP contribution in [0, 0.1) is 11.8 Å². The quantitative estimate of drug-likeness (QED) is 0.0820. The summed E-state index contributed by atoms with van der Waals surface area (Å²) in [5.41, 5.74) is -3.58. The Morgan fingerprint density at radius 2 is 1.25 bits per heavy atom. The van der Waals surface area contributed by atoms with Crippen LogP contribution in [-0.2, 0) is 62.3 Å². The van der Waals surface area contributed by atoms with Gasteiger partial charge in [0.1, 0.15) is 29.6 Å². The number of phosphoric ester groups is 2. The molecule has 302 valence electrons. The molecule has 53 heavy (non-hydrogen) atoms. The van der Waals surface area contributed by atoms with E-state index in [0.717, 1.165) is 13.5 Å². The van der Waals surface area contributed by atoms with Crippen LogP contribution in [0.3, 0.4) is 0 Å². The van der Waals surface area contributed by atoms with Crippen molar-refractivity contribution in [2.45, 2.75) is 165 Å². The van der Waals surface area contributed by atoms with Crippen LogP contribution in [0.15, 0.2) is 0 Å². The van der Waals surface area contributed by atoms with Crippen LogP contribution in [0.1, 0.15) is 106 Å². The van der Waals surface area contributed by atoms with Crippen LogP contribution in [0.5, 0.6) is 0 Å². The summed E-state index contributed by atoms with van der Waals surface area (Å²) in [4.78, 5) is 32.5. The fourth-order valence-corrected chi connectivity index (χ4v) is 11.7. The highest BCUT2D eigenvalue weighted by Gasteiger charge is 2.54. The normalized spacial score (nSPS) is 34.4. The number of hydrogen-bond donors (Lipinski definition) is 4. The van der Waals surface area contributed by atoms with Crippen molar-refractivity contribution in [2.75, 3.05) is 20.3 Å². The molecule has 0 aromatic rings. The lowest BCUT2D eigenvalue weighted by atomic mass is 9.73. The van der Waals surface area contributed by atoms with Crippen LogP contribution in [0.2, 0.25) is 0 Å². The predicted octanol–water partition coefficient (Wildman–Crippen LogP) is 4.64. The zero-order chi connectivity index (χ0) is 40.0. The summed E-state index contributed by atoms with van der Waals surface area (Å²) in [5, 5.41) is 10.2. The molecule has 3 heterocycles. The number of rotatable bonds is 23. The second-order valence-corrected chi connectivity index (χ2v) is 20.5. The van der Waals surface area contributed by atoms with Gasteiger partial charge in [-0.3, -0.25) is 18.1 Å². The first-order chi connectivity index (χ1) is 24.5. The van der Waals surface area contributed by atoms with Crippen LogP contribution < -0.4 is 0 Å². The Morgan fingerprint density at radius 3 is 1.75 bits per heavy atom. The van der Waals surface area contributed by atoms with Gasteiger partial charge in [-0.15, -0.1) is 0 Å². The summed E-state index contributed by atoms with van der Waals surface area (Å²) in [5.74, 6) is -1.07. The van der Waals surface area contributed by atoms with E-state index in [1.165, 1.54) is 0 Å². The van der Waals surface area contributed by atoms with E-state index in [1.54, 1.807) is 13.8 Å². The molecule has 0 aliphatic carbocycles. The standard InChI is InChI=1S/C31H58B3O15P3S/c1-8-12-13-31(11-4,20-14-26(32)44-23(20)17-29(5,6)47-50(36,37)41-7)48-51(38,39)42-18-24-21(15-27(33)45-24)30(9-2,10-3)49-52(40,53)43-19-25-22(35)16-28(34)46-25/h20-28,35H,8-19H2,1-7H3,(H,36,37)(H,38,39)(H,40,53). The molecule has 13 unspecified atom stereocenters. The molecular weight excluding hydrogens is 770 g/mol. The van der Waals surface area contributed by atoms with E-state index in [9.17, 15) is 28.9 Å². The Morgan fingerprint density at radius 1 is 0.736 bits per heavy atom. The first-order valence-corrected chi connectivity index (χ1v) is 23.9. The molecule has 0 aromatic carbocycles. The van der Waals surface area contributed by atoms with Gasteiger partial charge in [0.25, 0.3) is 0 Å². The van der Waals surface area contributed by atoms with Crippen molar-refractivity contribution in [3.05, 3.63) is 0 Å². The van der Waals surface area contributed by atoms with Gasteiger partial charge in [0.15, 0.2) is 0 Å². The lowest BCUT2D eigenvalue weighted by Gasteiger charge is -2.43. The second-order valence-electron chi connectivity index (χ2n) is 14.8. The Balaban J connectivity index is 1.80. The molecule has 3 aliphatic heterocycles. The van der Waals surface area contributed by atoms with Crippen molar-refractivity contribution in [1.82, 2.24) is 0 Å². The van der Waals surface area contributed by atoms with E-state index < -0.39 is 100 Å². The molecule has 0 saturated carbocycles. The minimum absolute atomic E-state index is 0.0993. The summed E-state index contributed by atoms with van der Waals surface area (Å²) >= 11 is 5.38. The monoisotopic (exact) mass is 828 g/mol. The van der Waals surface area contributed by atoms with Gasteiger partial charge >= 0.3 is 22.4 Å². The van der Waals surface area contributed by atoms with Crippen LogP contribution in [0.25, 0.3) is 0 Å². The summed E-state index contributed by atoms with van der Waals surface area (Å²) in [6, 6.07) is -2.17. The fourth-order valence-electron chi connectivity index (χ4n) is 7.89. The molecule has 4 N–H and O–H groups in total. The summed E-state index contributed by atoms with van der Waals surface area (Å²) < 4.78 is 77.4. The lowest BCUT2D eigenvalue weighted by Crippen LogP contribution is -2.46. The number of aliphatic hydroxyl groups is 1. The molecule has 6 radical (unpaired) electrons. The highest BCUT2D eigenvalue weighted by Crippen LogP contribution is 2.58. The summed E-state index contributed by atoms with van der Waals surface area (Å²) in [7, 11) is 10.1. The number of hydrogen-bond acceptors (Lipinski definition) is 13. The van der Waals surface area contributed by atoms with Crippen molar-refractivity contribution in [1.29, 1.82) is 0 Å². The van der Waals surface area contributed by atoms with E-state index in [2.05, 4.69) is 4.52 Å². The molecular formula is C31H58B3O15P3S. The van der Waals surface area contributed by atoms with E-state index in [1.807, 2.05) is 27.7 Å². The second kappa shape index (κ2) is 19.7. The zero-order valence-electron chi connectivity index (χ0n) is 31.9. The highest BCUT2D eigenvalue weighted by molar-refractivity contribution is 8.07. The minimum Gasteiger partial charge on any atom is -0.390 e. The van der Waals surface area contributed by atoms with Gasteiger partial charge in [-0.2, -0.15) is 0 Å². The van der Waals surface area contributed by atoms with E-state index in [-0.39, 0.29) is 32.3 Å². The SMILES string of the molecule is [B]C1CC(O)C(COP(O)(=S)OC(CC)(CC)C2CC([B])OC2COP(=O)(O)OC(CC)(CCCC)C2CC([B])OC2CC(C)(C)OP(=O)(O)OC)O1. The zero-order valence-corrected chi connectivity index (χ0v) is 35.4. The number of ether oxygens (including phenoxy) is 3. The van der Waals surface area contributed by atoms with Crippen LogP contribution in [-0.4, -0.2) is 123 Å². The van der Waals surface area contributed by atoms with E-state index >= 15 is 0 Å². The maximum atomic E-state index is 13.9. The molecule has 0 spiro atoms. The molecule has 3 rings (SSSR count). The lowest BCUT2D eigenvalue weighted by molar-refractivity contribution is -0.0888. The van der Waals surface area contributed by atoms with Gasteiger partial charge < -0.3 is 43.0 Å². The Kier molecular flexibility index (Phi) is 17.9. The number of phosphoric acid groups is 2. The van der Waals surface area contributed by atoms with Crippen molar-refractivity contribution in [3.8, 4) is 0 Å². The average molecular weight is 828 g/mol. The first kappa shape index (κ1) is 48.2. The first-order valence-electron chi connectivity index (χ1n) is 18.4. The van der Waals surface area contributed by atoms with Gasteiger partial charge in [-0.25, -0.2) is 9.13 Å². The third-order valence-corrected chi connectivity index (χ3v) is 14.5. The van der Waals surface area contributed by atoms with Crippen molar-refractivity contribution in [2.24, 2.45) is 11.8 Å². The predicted molar refractivity (Wildman–Crippen MR) is 203 cm³/mol. The van der Waals surface area contributed by atoms with E-state index in [0.29, 0.717) is 32.1 Å². The Hall–Kier alpha value is 0.785. The van der Waals surface area contributed by atoms with Gasteiger partial charge in [0.2, 0.25) is 0 Å². The summed E-state index contributed by atoms with van der Waals surface area (Å²) in [6.07, 6.45) is 0.404. The topological polar surface area (TPSA) is 198 Å². The minimum atomic E-state index is -4.83. The van der Waals surface area contributed by atoms with Crippen LogP contribution >= 0.6 is 22.4 Å². The number of unbranched alkanes of at least 4 members (excludes halogenated alkanes) is 1. The van der Waals surface area contributed by atoms with Crippen molar-refractivity contribution in [3.63, 3.8) is 0 Å². The molecule has 3 aliphatic rings. The third kappa shape index (κ3) is 13.4. The molecule has 3 fully saturated rings. The third-order valence-electron chi connectivity index (χ3n) is 10.6. The summed E-state index contributed by atoms with van der Waals surface area (Å²) in [6.45, 7) is 6.17. The van der Waals surface area contributed by atoms with Gasteiger partial charge in [-0.05, 0) is 70.6 Å². The van der Waals surface area contributed by atoms with Crippen molar-refractivity contribution < 1.29 is 70.3 Å². The molecule has 13 atom stereocenters. The van der Waals surface area contributed by atoms with E-state index in [4.69, 9.17) is 72.2 Å². The molecule has 0 aromatic heterocycles.